The van der Waals surface area contributed by atoms with E-state index in [9.17, 15) is 9.59 Å². The molecule has 5 heteroatoms. The highest BCUT2D eigenvalue weighted by Crippen LogP contribution is 2.27. The van der Waals surface area contributed by atoms with Crippen LogP contribution in [-0.2, 0) is 11.2 Å². The number of carbonyl (C=O) groups excluding carboxylic acids is 2. The molecule has 1 aromatic rings. The molecule has 0 saturated heterocycles. The van der Waals surface area contributed by atoms with E-state index in [0.29, 0.717) is 19.0 Å². The summed E-state index contributed by atoms with van der Waals surface area (Å²) in [7, 11) is 0. The number of para-hydroxylation sites is 1. The first-order valence-electron chi connectivity index (χ1n) is 7.42. The second-order valence-corrected chi connectivity index (χ2v) is 5.84. The third-order valence-corrected chi connectivity index (χ3v) is 3.54. The molecule has 1 aliphatic rings. The van der Waals surface area contributed by atoms with Crippen molar-refractivity contribution >= 4 is 17.6 Å². The fourth-order valence-electron chi connectivity index (χ4n) is 2.41. The lowest BCUT2D eigenvalue weighted by Crippen LogP contribution is -2.50. The van der Waals surface area contributed by atoms with E-state index in [0.717, 1.165) is 12.1 Å². The Morgan fingerprint density at radius 2 is 1.95 bits per heavy atom. The van der Waals surface area contributed by atoms with Crippen molar-refractivity contribution in [2.45, 2.75) is 33.2 Å². The Hall–Kier alpha value is -2.04. The van der Waals surface area contributed by atoms with Gasteiger partial charge in [0.15, 0.2) is 0 Å². The van der Waals surface area contributed by atoms with Crippen LogP contribution in [0.1, 0.15) is 26.3 Å². The number of urea groups is 1. The molecule has 5 nitrogen and oxygen atoms in total. The molecule has 2 rings (SSSR count). The van der Waals surface area contributed by atoms with Crippen LogP contribution < -0.4 is 15.5 Å². The molecule has 0 aliphatic carbocycles. The molecule has 3 amide bonds. The molecule has 2 N–H and O–H groups in total. The first kappa shape index (κ1) is 15.4. The minimum absolute atomic E-state index is 0.0698. The van der Waals surface area contributed by atoms with E-state index in [-0.39, 0.29) is 11.9 Å². The van der Waals surface area contributed by atoms with Crippen molar-refractivity contribution < 1.29 is 9.59 Å². The van der Waals surface area contributed by atoms with E-state index >= 15 is 0 Å². The zero-order valence-corrected chi connectivity index (χ0v) is 12.8. The van der Waals surface area contributed by atoms with Crippen LogP contribution in [-0.4, -0.2) is 31.1 Å². The largest absolute Gasteiger partial charge is 0.338 e. The SMILES string of the molecule is CC(C)CNC(=O)N[C@@H](C)C(=O)N1CCc2ccccc21. The number of amides is 3. The number of rotatable bonds is 4. The van der Waals surface area contributed by atoms with Gasteiger partial charge >= 0.3 is 6.03 Å². The minimum Gasteiger partial charge on any atom is -0.338 e. The van der Waals surface area contributed by atoms with Crippen LogP contribution in [0, 0.1) is 5.92 Å². The van der Waals surface area contributed by atoms with Gasteiger partial charge in [0.1, 0.15) is 6.04 Å². The average molecular weight is 289 g/mol. The maximum atomic E-state index is 12.5. The first-order chi connectivity index (χ1) is 9.99. The molecule has 0 saturated carbocycles. The minimum atomic E-state index is -0.539. The Kier molecular flexibility index (Phi) is 4.83. The molecule has 1 aromatic carbocycles. The summed E-state index contributed by atoms with van der Waals surface area (Å²) >= 11 is 0. The normalized spacial score (nSPS) is 14.8. The van der Waals surface area contributed by atoms with Gasteiger partial charge in [-0.25, -0.2) is 4.79 Å². The Morgan fingerprint density at radius 3 is 2.67 bits per heavy atom. The summed E-state index contributed by atoms with van der Waals surface area (Å²) in [4.78, 5) is 25.9. The fourth-order valence-corrected chi connectivity index (χ4v) is 2.41. The highest BCUT2D eigenvalue weighted by molar-refractivity contribution is 6.00. The molecule has 1 heterocycles. The Bertz CT molecular complexity index is 528. The summed E-state index contributed by atoms with van der Waals surface area (Å²) in [5.41, 5.74) is 2.14. The molecular weight excluding hydrogens is 266 g/mol. The molecule has 114 valence electrons. The quantitative estimate of drug-likeness (QED) is 0.889. The highest BCUT2D eigenvalue weighted by atomic mass is 16.2. The van der Waals surface area contributed by atoms with Crippen molar-refractivity contribution in [2.24, 2.45) is 5.92 Å². The summed E-state index contributed by atoms with van der Waals surface area (Å²) < 4.78 is 0. The van der Waals surface area contributed by atoms with Crippen LogP contribution in [0.3, 0.4) is 0 Å². The summed E-state index contributed by atoms with van der Waals surface area (Å²) in [5, 5.41) is 5.46. The number of hydrogen-bond acceptors (Lipinski definition) is 2. The smallest absolute Gasteiger partial charge is 0.315 e. The maximum Gasteiger partial charge on any atom is 0.315 e. The summed E-state index contributed by atoms with van der Waals surface area (Å²) in [6, 6.07) is 7.06. The van der Waals surface area contributed by atoms with Crippen LogP contribution in [0.15, 0.2) is 24.3 Å². The zero-order chi connectivity index (χ0) is 15.4. The van der Waals surface area contributed by atoms with Gasteiger partial charge in [-0.15, -0.1) is 0 Å². The average Bonchev–Trinajstić information content (AvgIpc) is 2.88. The van der Waals surface area contributed by atoms with Gasteiger partial charge in [-0.1, -0.05) is 32.0 Å². The van der Waals surface area contributed by atoms with Crippen molar-refractivity contribution in [3.05, 3.63) is 29.8 Å². The molecule has 1 atom stereocenters. The lowest BCUT2D eigenvalue weighted by molar-refractivity contribution is -0.119. The van der Waals surface area contributed by atoms with Crippen molar-refractivity contribution in [3.63, 3.8) is 0 Å². The predicted octanol–water partition coefficient (Wildman–Crippen LogP) is 1.92. The van der Waals surface area contributed by atoms with Crippen LogP contribution in [0.25, 0.3) is 0 Å². The van der Waals surface area contributed by atoms with Gasteiger partial charge in [-0.2, -0.15) is 0 Å². The number of fused-ring (bicyclic) bond motifs is 1. The molecule has 0 aromatic heterocycles. The Balaban J connectivity index is 1.93. The molecule has 0 radical (unpaired) electrons. The van der Waals surface area contributed by atoms with Gasteiger partial charge in [0.2, 0.25) is 5.91 Å². The van der Waals surface area contributed by atoms with Crippen LogP contribution >= 0.6 is 0 Å². The third-order valence-electron chi connectivity index (χ3n) is 3.54. The van der Waals surface area contributed by atoms with Gasteiger partial charge in [0.25, 0.3) is 0 Å². The van der Waals surface area contributed by atoms with Crippen LogP contribution in [0.2, 0.25) is 0 Å². The molecular formula is C16H23N3O2. The molecule has 0 unspecified atom stereocenters. The molecule has 0 fully saturated rings. The van der Waals surface area contributed by atoms with Gasteiger partial charge in [0, 0.05) is 18.8 Å². The molecule has 0 spiro atoms. The number of carbonyl (C=O) groups is 2. The first-order valence-corrected chi connectivity index (χ1v) is 7.42. The van der Waals surface area contributed by atoms with Gasteiger partial charge in [-0.3, -0.25) is 4.79 Å². The number of nitrogens with zero attached hydrogens (tertiary/aromatic N) is 1. The highest BCUT2D eigenvalue weighted by Gasteiger charge is 2.28. The van der Waals surface area contributed by atoms with Crippen molar-refractivity contribution in [3.8, 4) is 0 Å². The maximum absolute atomic E-state index is 12.5. The lowest BCUT2D eigenvalue weighted by atomic mass is 10.2. The van der Waals surface area contributed by atoms with E-state index < -0.39 is 6.04 Å². The number of anilines is 1. The summed E-state index contributed by atoms with van der Waals surface area (Å²) in [6.07, 6.45) is 0.869. The van der Waals surface area contributed by atoms with E-state index in [1.165, 1.54) is 5.56 Å². The number of nitrogens with one attached hydrogen (secondary N) is 2. The van der Waals surface area contributed by atoms with Crippen molar-refractivity contribution in [2.75, 3.05) is 18.0 Å². The summed E-state index contributed by atoms with van der Waals surface area (Å²) in [5.74, 6) is 0.312. The zero-order valence-electron chi connectivity index (χ0n) is 12.8. The number of hydrogen-bond donors (Lipinski definition) is 2. The fraction of sp³-hybridized carbons (Fsp3) is 0.500. The summed E-state index contributed by atoms with van der Waals surface area (Å²) in [6.45, 7) is 7.04. The van der Waals surface area contributed by atoms with Crippen molar-refractivity contribution in [1.29, 1.82) is 0 Å². The topological polar surface area (TPSA) is 61.4 Å². The monoisotopic (exact) mass is 289 g/mol. The lowest BCUT2D eigenvalue weighted by Gasteiger charge is -2.22. The Labute approximate surface area is 125 Å². The van der Waals surface area contributed by atoms with Gasteiger partial charge < -0.3 is 15.5 Å². The van der Waals surface area contributed by atoms with E-state index in [4.69, 9.17) is 0 Å². The molecule has 0 bridgehead atoms. The standard InChI is InChI=1S/C16H23N3O2/c1-11(2)10-17-16(21)18-12(3)15(20)19-9-8-13-6-4-5-7-14(13)19/h4-7,11-12H,8-10H2,1-3H3,(H2,17,18,21)/t12-/m0/s1. The number of benzene rings is 1. The Morgan fingerprint density at radius 1 is 1.24 bits per heavy atom. The third kappa shape index (κ3) is 3.74. The van der Waals surface area contributed by atoms with E-state index in [2.05, 4.69) is 10.6 Å². The van der Waals surface area contributed by atoms with Crippen LogP contribution in [0.5, 0.6) is 0 Å². The van der Waals surface area contributed by atoms with E-state index in [1.807, 2.05) is 38.1 Å². The van der Waals surface area contributed by atoms with Gasteiger partial charge in [0.05, 0.1) is 0 Å². The molecule has 21 heavy (non-hydrogen) atoms. The molecule has 1 aliphatic heterocycles. The van der Waals surface area contributed by atoms with Crippen molar-refractivity contribution in [1.82, 2.24) is 10.6 Å². The van der Waals surface area contributed by atoms with E-state index in [1.54, 1.807) is 11.8 Å². The second-order valence-electron chi connectivity index (χ2n) is 5.84. The van der Waals surface area contributed by atoms with Crippen LogP contribution in [0.4, 0.5) is 10.5 Å². The predicted molar refractivity (Wildman–Crippen MR) is 83.3 cm³/mol. The second kappa shape index (κ2) is 6.61. The van der Waals surface area contributed by atoms with Gasteiger partial charge in [-0.05, 0) is 30.9 Å².